The summed E-state index contributed by atoms with van der Waals surface area (Å²) in [6.45, 7) is 1.43. The monoisotopic (exact) mass is 241 g/mol. The minimum atomic E-state index is -3.32. The van der Waals surface area contributed by atoms with E-state index in [-0.39, 0.29) is 0 Å². The fourth-order valence-electron chi connectivity index (χ4n) is 1.73. The Morgan fingerprint density at radius 3 is 2.69 bits per heavy atom. The van der Waals surface area contributed by atoms with Gasteiger partial charge in [-0.15, -0.1) is 0 Å². The molecule has 1 aliphatic rings. The number of anilines is 1. The molecule has 0 aliphatic carbocycles. The molecule has 0 bridgehead atoms. The van der Waals surface area contributed by atoms with Gasteiger partial charge in [0.15, 0.2) is 0 Å². The summed E-state index contributed by atoms with van der Waals surface area (Å²) in [6.07, 6.45) is 0. The highest BCUT2D eigenvalue weighted by Crippen LogP contribution is 2.24. The molecule has 0 unspecified atom stereocenters. The second-order valence-corrected chi connectivity index (χ2v) is 5.74. The molecule has 88 valence electrons. The topological polar surface area (TPSA) is 66.6 Å². The Morgan fingerprint density at radius 1 is 1.38 bits per heavy atom. The third kappa shape index (κ3) is 1.79. The van der Waals surface area contributed by atoms with E-state index in [1.807, 2.05) is 18.2 Å². The van der Waals surface area contributed by atoms with Crippen LogP contribution in [0, 0.1) is 0 Å². The van der Waals surface area contributed by atoms with E-state index in [0.29, 0.717) is 25.3 Å². The van der Waals surface area contributed by atoms with Crippen molar-refractivity contribution in [2.24, 2.45) is 5.73 Å². The van der Waals surface area contributed by atoms with Gasteiger partial charge in [0, 0.05) is 26.7 Å². The van der Waals surface area contributed by atoms with Crippen LogP contribution in [0.5, 0.6) is 0 Å². The summed E-state index contributed by atoms with van der Waals surface area (Å²) in [6, 6.07) is 7.31. The summed E-state index contributed by atoms with van der Waals surface area (Å²) in [5.41, 5.74) is 7.15. The molecule has 0 radical (unpaired) electrons. The molecule has 1 aliphatic heterocycles. The Kier molecular flexibility index (Phi) is 2.88. The SMILES string of the molecule is CN1CCN(c2cccc(CN)c2)S1(=O)=O. The molecule has 2 rings (SSSR count). The van der Waals surface area contributed by atoms with Crippen LogP contribution < -0.4 is 10.0 Å². The summed E-state index contributed by atoms with van der Waals surface area (Å²) >= 11 is 0. The zero-order chi connectivity index (χ0) is 11.8. The summed E-state index contributed by atoms with van der Waals surface area (Å²) in [5, 5.41) is 0. The van der Waals surface area contributed by atoms with Crippen molar-refractivity contribution in [1.82, 2.24) is 4.31 Å². The van der Waals surface area contributed by atoms with E-state index in [1.54, 1.807) is 13.1 Å². The van der Waals surface area contributed by atoms with E-state index >= 15 is 0 Å². The van der Waals surface area contributed by atoms with E-state index in [4.69, 9.17) is 5.73 Å². The van der Waals surface area contributed by atoms with Gasteiger partial charge < -0.3 is 5.73 Å². The molecule has 0 saturated carbocycles. The maximum absolute atomic E-state index is 11.9. The maximum Gasteiger partial charge on any atom is 0.303 e. The standard InChI is InChI=1S/C10H15N3O2S/c1-12-5-6-13(16(12,14)15)10-4-2-3-9(7-10)8-11/h2-4,7H,5-6,8,11H2,1H3. The van der Waals surface area contributed by atoms with Crippen molar-refractivity contribution < 1.29 is 8.42 Å². The lowest BCUT2D eigenvalue weighted by atomic mass is 10.2. The summed E-state index contributed by atoms with van der Waals surface area (Å²) in [5.74, 6) is 0. The molecule has 0 spiro atoms. The third-order valence-electron chi connectivity index (χ3n) is 2.72. The van der Waals surface area contributed by atoms with Crippen LogP contribution in [-0.4, -0.2) is 32.9 Å². The highest BCUT2D eigenvalue weighted by atomic mass is 32.2. The van der Waals surface area contributed by atoms with Crippen molar-refractivity contribution in [3.63, 3.8) is 0 Å². The number of nitrogens with zero attached hydrogens (tertiary/aromatic N) is 2. The lowest BCUT2D eigenvalue weighted by molar-refractivity contribution is 0.511. The number of hydrogen-bond acceptors (Lipinski definition) is 3. The quantitative estimate of drug-likeness (QED) is 0.801. The molecule has 5 nitrogen and oxygen atoms in total. The van der Waals surface area contributed by atoms with Crippen LogP contribution in [0.15, 0.2) is 24.3 Å². The number of benzene rings is 1. The number of rotatable bonds is 2. The molecule has 16 heavy (non-hydrogen) atoms. The molecular weight excluding hydrogens is 226 g/mol. The van der Waals surface area contributed by atoms with Gasteiger partial charge >= 0.3 is 10.2 Å². The molecule has 6 heteroatoms. The predicted molar refractivity (Wildman–Crippen MR) is 63.2 cm³/mol. The molecule has 0 aromatic heterocycles. The Balaban J connectivity index is 2.38. The van der Waals surface area contributed by atoms with Gasteiger partial charge in [-0.2, -0.15) is 12.7 Å². The average Bonchev–Trinajstić information content (AvgIpc) is 2.54. The number of likely N-dealkylation sites (N-methyl/N-ethyl adjacent to an activating group) is 1. The zero-order valence-electron chi connectivity index (χ0n) is 9.13. The fourth-order valence-corrected chi connectivity index (χ4v) is 3.07. The smallest absolute Gasteiger partial charge is 0.303 e. The first-order valence-corrected chi connectivity index (χ1v) is 6.48. The van der Waals surface area contributed by atoms with Gasteiger partial charge in [0.25, 0.3) is 0 Å². The van der Waals surface area contributed by atoms with Crippen molar-refractivity contribution in [1.29, 1.82) is 0 Å². The van der Waals surface area contributed by atoms with Crippen LogP contribution in [0.25, 0.3) is 0 Å². The largest absolute Gasteiger partial charge is 0.326 e. The summed E-state index contributed by atoms with van der Waals surface area (Å²) < 4.78 is 26.6. The second kappa shape index (κ2) is 4.04. The number of hydrogen-bond donors (Lipinski definition) is 1. The van der Waals surface area contributed by atoms with Crippen LogP contribution in [0.2, 0.25) is 0 Å². The second-order valence-electron chi connectivity index (χ2n) is 3.78. The Hall–Kier alpha value is -1.11. The highest BCUT2D eigenvalue weighted by Gasteiger charge is 2.33. The molecule has 1 aromatic rings. The van der Waals surface area contributed by atoms with Gasteiger partial charge in [-0.25, -0.2) is 0 Å². The van der Waals surface area contributed by atoms with Crippen molar-refractivity contribution in [3.8, 4) is 0 Å². The van der Waals surface area contributed by atoms with Crippen LogP contribution >= 0.6 is 0 Å². The Morgan fingerprint density at radius 2 is 2.12 bits per heavy atom. The lowest BCUT2D eigenvalue weighted by Gasteiger charge is -2.18. The first-order chi connectivity index (χ1) is 7.55. The Labute approximate surface area is 95.6 Å². The molecule has 1 heterocycles. The normalized spacial score (nSPS) is 20.2. The van der Waals surface area contributed by atoms with Gasteiger partial charge in [0.1, 0.15) is 0 Å². The third-order valence-corrected chi connectivity index (χ3v) is 4.65. The van der Waals surface area contributed by atoms with E-state index < -0.39 is 10.2 Å². The molecule has 2 N–H and O–H groups in total. The molecule has 1 saturated heterocycles. The van der Waals surface area contributed by atoms with E-state index in [1.165, 1.54) is 8.61 Å². The zero-order valence-corrected chi connectivity index (χ0v) is 9.94. The van der Waals surface area contributed by atoms with Crippen LogP contribution in [-0.2, 0) is 16.8 Å². The van der Waals surface area contributed by atoms with E-state index in [0.717, 1.165) is 5.56 Å². The van der Waals surface area contributed by atoms with Crippen LogP contribution in [0.1, 0.15) is 5.56 Å². The maximum atomic E-state index is 11.9. The minimum absolute atomic E-state index is 0.414. The summed E-state index contributed by atoms with van der Waals surface area (Å²) in [4.78, 5) is 0. The Bertz CT molecular complexity index is 487. The van der Waals surface area contributed by atoms with Crippen molar-refractivity contribution in [3.05, 3.63) is 29.8 Å². The number of nitrogens with two attached hydrogens (primary N) is 1. The van der Waals surface area contributed by atoms with Gasteiger partial charge in [-0.05, 0) is 17.7 Å². The van der Waals surface area contributed by atoms with Gasteiger partial charge in [0.05, 0.1) is 5.69 Å². The van der Waals surface area contributed by atoms with Crippen molar-refractivity contribution in [2.75, 3.05) is 24.4 Å². The summed E-state index contributed by atoms with van der Waals surface area (Å²) in [7, 11) is -1.73. The first kappa shape index (κ1) is 11.4. The van der Waals surface area contributed by atoms with Crippen molar-refractivity contribution >= 4 is 15.9 Å². The highest BCUT2D eigenvalue weighted by molar-refractivity contribution is 7.90. The van der Waals surface area contributed by atoms with E-state index in [2.05, 4.69) is 0 Å². The fraction of sp³-hybridized carbons (Fsp3) is 0.400. The van der Waals surface area contributed by atoms with Crippen LogP contribution in [0.3, 0.4) is 0 Å². The molecule has 1 fully saturated rings. The molecular formula is C10H15N3O2S. The average molecular weight is 241 g/mol. The predicted octanol–water partition coefficient (Wildman–Crippen LogP) is 0.142. The van der Waals surface area contributed by atoms with Crippen molar-refractivity contribution in [2.45, 2.75) is 6.54 Å². The first-order valence-electron chi connectivity index (χ1n) is 5.08. The lowest BCUT2D eigenvalue weighted by Crippen LogP contribution is -2.30. The van der Waals surface area contributed by atoms with E-state index in [9.17, 15) is 8.42 Å². The molecule has 1 aromatic carbocycles. The molecule has 0 atom stereocenters. The van der Waals surface area contributed by atoms with Gasteiger partial charge in [0.2, 0.25) is 0 Å². The van der Waals surface area contributed by atoms with Gasteiger partial charge in [-0.3, -0.25) is 4.31 Å². The van der Waals surface area contributed by atoms with Crippen LogP contribution in [0.4, 0.5) is 5.69 Å². The molecule has 0 amide bonds. The minimum Gasteiger partial charge on any atom is -0.326 e. The van der Waals surface area contributed by atoms with Gasteiger partial charge in [-0.1, -0.05) is 12.1 Å².